The zero-order valence-corrected chi connectivity index (χ0v) is 13.4. The van der Waals surface area contributed by atoms with Crippen molar-refractivity contribution in [3.63, 3.8) is 0 Å². The summed E-state index contributed by atoms with van der Waals surface area (Å²) in [7, 11) is 1.72. The molecule has 0 aromatic rings. The average Bonchev–Trinajstić information content (AvgIpc) is 2.43. The fourth-order valence-electron chi connectivity index (χ4n) is 3.12. The van der Waals surface area contributed by atoms with E-state index in [2.05, 4.69) is 19.2 Å². The third kappa shape index (κ3) is 4.45. The van der Waals surface area contributed by atoms with E-state index in [1.165, 1.54) is 6.42 Å². The summed E-state index contributed by atoms with van der Waals surface area (Å²) in [6.45, 7) is 7.20. The minimum Gasteiger partial charge on any atom is -0.480 e. The summed E-state index contributed by atoms with van der Waals surface area (Å²) >= 11 is 0. The average molecular weight is 285 g/mol. The molecule has 0 aromatic carbocycles. The molecule has 1 rings (SSSR count). The van der Waals surface area contributed by atoms with Crippen LogP contribution in [-0.2, 0) is 9.53 Å². The quantitative estimate of drug-likeness (QED) is 0.673. The Kier molecular flexibility index (Phi) is 6.96. The Bertz CT molecular complexity index is 302. The highest BCUT2D eigenvalue weighted by Gasteiger charge is 2.34. The zero-order valence-electron chi connectivity index (χ0n) is 13.4. The predicted octanol–water partition coefficient (Wildman–Crippen LogP) is 3.06. The van der Waals surface area contributed by atoms with Crippen molar-refractivity contribution < 1.29 is 14.6 Å². The second-order valence-electron chi connectivity index (χ2n) is 6.35. The van der Waals surface area contributed by atoms with Gasteiger partial charge in [0.2, 0.25) is 0 Å². The molecule has 0 amide bonds. The van der Waals surface area contributed by atoms with Crippen LogP contribution in [0.2, 0.25) is 0 Å². The van der Waals surface area contributed by atoms with Gasteiger partial charge in [0.05, 0.1) is 6.10 Å². The molecule has 1 saturated carbocycles. The van der Waals surface area contributed by atoms with Crippen molar-refractivity contribution in [3.05, 3.63) is 0 Å². The van der Waals surface area contributed by atoms with Gasteiger partial charge in [-0.3, -0.25) is 4.79 Å². The van der Waals surface area contributed by atoms with E-state index >= 15 is 0 Å². The summed E-state index contributed by atoms with van der Waals surface area (Å²) in [4.78, 5) is 11.4. The first-order chi connectivity index (χ1) is 9.45. The number of nitrogens with one attached hydrogen (secondary N) is 1. The van der Waals surface area contributed by atoms with Gasteiger partial charge in [0.15, 0.2) is 0 Å². The van der Waals surface area contributed by atoms with Gasteiger partial charge in [-0.15, -0.1) is 0 Å². The number of hydrogen-bond donors (Lipinski definition) is 2. The van der Waals surface area contributed by atoms with E-state index in [1.807, 2.05) is 6.92 Å². The van der Waals surface area contributed by atoms with Crippen LogP contribution in [0.15, 0.2) is 0 Å². The summed E-state index contributed by atoms with van der Waals surface area (Å²) < 4.78 is 5.95. The van der Waals surface area contributed by atoms with Crippen LogP contribution in [0.5, 0.6) is 0 Å². The molecule has 118 valence electrons. The van der Waals surface area contributed by atoms with Gasteiger partial charge in [-0.1, -0.05) is 20.8 Å². The van der Waals surface area contributed by atoms with E-state index in [0.29, 0.717) is 25.6 Å². The van der Waals surface area contributed by atoms with Gasteiger partial charge in [-0.05, 0) is 57.4 Å². The van der Waals surface area contributed by atoms with Crippen LogP contribution < -0.4 is 5.32 Å². The number of ether oxygens (including phenoxy) is 1. The molecular formula is C16H31NO3. The van der Waals surface area contributed by atoms with E-state index in [4.69, 9.17) is 4.74 Å². The lowest BCUT2D eigenvalue weighted by molar-refractivity contribution is -0.145. The number of hydrogen-bond acceptors (Lipinski definition) is 3. The lowest BCUT2D eigenvalue weighted by atomic mass is 9.80. The number of likely N-dealkylation sites (N-methyl/N-ethyl adjacent to an activating group) is 1. The standard InChI is InChI=1S/C16H31NO3/c1-5-16(17-4,15(18)19)9-6-10-20-14-8-7-12(2)13(3)11-14/h12-14,17H,5-11H2,1-4H3,(H,18,19). The van der Waals surface area contributed by atoms with E-state index < -0.39 is 11.5 Å². The number of carbonyl (C=O) groups is 1. The molecule has 4 unspecified atom stereocenters. The van der Waals surface area contributed by atoms with Crippen molar-refractivity contribution in [2.45, 2.75) is 70.9 Å². The van der Waals surface area contributed by atoms with Crippen LogP contribution in [0, 0.1) is 11.8 Å². The van der Waals surface area contributed by atoms with E-state index in [0.717, 1.165) is 31.1 Å². The fourth-order valence-corrected chi connectivity index (χ4v) is 3.12. The third-order valence-corrected chi connectivity index (χ3v) is 5.14. The first-order valence-corrected chi connectivity index (χ1v) is 7.99. The van der Waals surface area contributed by atoms with Crippen LogP contribution in [0.1, 0.15) is 59.3 Å². The molecular weight excluding hydrogens is 254 g/mol. The molecule has 0 spiro atoms. The van der Waals surface area contributed by atoms with Crippen molar-refractivity contribution in [1.82, 2.24) is 5.32 Å². The first-order valence-electron chi connectivity index (χ1n) is 7.99. The maximum Gasteiger partial charge on any atom is 0.323 e. The number of carboxylic acid groups (broad SMARTS) is 1. The highest BCUT2D eigenvalue weighted by atomic mass is 16.5. The van der Waals surface area contributed by atoms with Gasteiger partial charge in [0, 0.05) is 6.61 Å². The molecule has 1 aliphatic rings. The van der Waals surface area contributed by atoms with Crippen LogP contribution in [0.25, 0.3) is 0 Å². The highest BCUT2D eigenvalue weighted by molar-refractivity contribution is 5.78. The molecule has 0 aromatic heterocycles. The summed E-state index contributed by atoms with van der Waals surface area (Å²) in [6.07, 6.45) is 5.92. The van der Waals surface area contributed by atoms with Gasteiger partial charge in [0.1, 0.15) is 5.54 Å². The molecule has 20 heavy (non-hydrogen) atoms. The lowest BCUT2D eigenvalue weighted by Gasteiger charge is -2.32. The van der Waals surface area contributed by atoms with Gasteiger partial charge < -0.3 is 15.2 Å². The monoisotopic (exact) mass is 285 g/mol. The van der Waals surface area contributed by atoms with Crippen molar-refractivity contribution in [2.24, 2.45) is 11.8 Å². The SMILES string of the molecule is CCC(CCCOC1CCC(C)C(C)C1)(NC)C(=O)O. The fraction of sp³-hybridized carbons (Fsp3) is 0.938. The molecule has 4 atom stereocenters. The van der Waals surface area contributed by atoms with E-state index in [1.54, 1.807) is 7.05 Å². The molecule has 2 N–H and O–H groups in total. The Hall–Kier alpha value is -0.610. The van der Waals surface area contributed by atoms with Gasteiger partial charge in [-0.25, -0.2) is 0 Å². The molecule has 0 heterocycles. The summed E-state index contributed by atoms with van der Waals surface area (Å²) in [5, 5.41) is 12.3. The van der Waals surface area contributed by atoms with E-state index in [9.17, 15) is 9.90 Å². The molecule has 0 bridgehead atoms. The second kappa shape index (κ2) is 7.99. The Morgan fingerprint density at radius 2 is 2.05 bits per heavy atom. The maximum absolute atomic E-state index is 11.4. The summed E-state index contributed by atoms with van der Waals surface area (Å²) in [5.41, 5.74) is -0.794. The molecule has 0 aliphatic heterocycles. The number of aliphatic carboxylic acids is 1. The van der Waals surface area contributed by atoms with Gasteiger partial charge >= 0.3 is 5.97 Å². The third-order valence-electron chi connectivity index (χ3n) is 5.14. The first kappa shape index (κ1) is 17.4. The van der Waals surface area contributed by atoms with Crippen LogP contribution in [0.4, 0.5) is 0 Å². The topological polar surface area (TPSA) is 58.6 Å². The van der Waals surface area contributed by atoms with Crippen molar-refractivity contribution in [1.29, 1.82) is 0 Å². The Balaban J connectivity index is 2.29. The Labute approximate surface area is 123 Å². The number of rotatable bonds is 8. The zero-order chi connectivity index (χ0) is 15.2. The van der Waals surface area contributed by atoms with Crippen LogP contribution >= 0.6 is 0 Å². The normalized spacial score (nSPS) is 29.9. The van der Waals surface area contributed by atoms with Crippen LogP contribution in [0.3, 0.4) is 0 Å². The van der Waals surface area contributed by atoms with Crippen molar-refractivity contribution in [3.8, 4) is 0 Å². The largest absolute Gasteiger partial charge is 0.480 e. The van der Waals surface area contributed by atoms with Gasteiger partial charge in [0.25, 0.3) is 0 Å². The minimum atomic E-state index is -0.794. The molecule has 0 saturated heterocycles. The molecule has 0 radical (unpaired) electrons. The van der Waals surface area contributed by atoms with Crippen LogP contribution in [-0.4, -0.2) is 36.4 Å². The molecule has 4 nitrogen and oxygen atoms in total. The van der Waals surface area contributed by atoms with E-state index in [-0.39, 0.29) is 0 Å². The summed E-state index contributed by atoms with van der Waals surface area (Å²) in [5.74, 6) is 0.779. The second-order valence-corrected chi connectivity index (χ2v) is 6.35. The van der Waals surface area contributed by atoms with Crippen molar-refractivity contribution in [2.75, 3.05) is 13.7 Å². The molecule has 1 fully saturated rings. The number of carboxylic acids is 1. The smallest absolute Gasteiger partial charge is 0.323 e. The van der Waals surface area contributed by atoms with Crippen molar-refractivity contribution >= 4 is 5.97 Å². The highest BCUT2D eigenvalue weighted by Crippen LogP contribution is 2.31. The molecule has 1 aliphatic carbocycles. The Morgan fingerprint density at radius 1 is 1.35 bits per heavy atom. The lowest BCUT2D eigenvalue weighted by Crippen LogP contribution is -2.50. The van der Waals surface area contributed by atoms with Gasteiger partial charge in [-0.2, -0.15) is 0 Å². The maximum atomic E-state index is 11.4. The minimum absolute atomic E-state index is 0.372. The summed E-state index contributed by atoms with van der Waals surface area (Å²) in [6, 6.07) is 0. The Morgan fingerprint density at radius 3 is 2.55 bits per heavy atom. The molecule has 4 heteroatoms. The predicted molar refractivity (Wildman–Crippen MR) is 80.9 cm³/mol.